The molecule has 2 rings (SSSR count). The molecule has 20 heavy (non-hydrogen) atoms. The van der Waals surface area contributed by atoms with Crippen LogP contribution in [0.25, 0.3) is 0 Å². The molecule has 1 aromatic rings. The van der Waals surface area contributed by atoms with Crippen LogP contribution < -0.4 is 0 Å². The van der Waals surface area contributed by atoms with Crippen LogP contribution in [0.15, 0.2) is 6.20 Å². The fourth-order valence-corrected chi connectivity index (χ4v) is 2.58. The molecule has 5 heteroatoms. The fourth-order valence-electron chi connectivity index (χ4n) is 2.58. The number of rotatable bonds is 5. The molecule has 0 bridgehead atoms. The number of fused-ring (bicyclic) bond motifs is 1. The highest BCUT2D eigenvalue weighted by Gasteiger charge is 2.31. The van der Waals surface area contributed by atoms with E-state index in [0.717, 1.165) is 36.8 Å². The largest absolute Gasteiger partial charge is 0.466 e. The van der Waals surface area contributed by atoms with E-state index in [1.165, 1.54) is 0 Å². The first-order chi connectivity index (χ1) is 9.46. The van der Waals surface area contributed by atoms with Crippen molar-refractivity contribution in [2.75, 3.05) is 6.61 Å². The Kier molecular flexibility index (Phi) is 4.26. The van der Waals surface area contributed by atoms with E-state index in [-0.39, 0.29) is 11.9 Å². The number of hydrogen-bond donors (Lipinski definition) is 0. The van der Waals surface area contributed by atoms with Crippen molar-refractivity contribution >= 4 is 12.3 Å². The highest BCUT2D eigenvalue weighted by molar-refractivity contribution is 5.75. The molecule has 1 aromatic heterocycles. The zero-order valence-electron chi connectivity index (χ0n) is 12.4. The van der Waals surface area contributed by atoms with Gasteiger partial charge in [-0.25, -0.2) is 0 Å². The van der Waals surface area contributed by atoms with Gasteiger partial charge < -0.3 is 9.53 Å². The van der Waals surface area contributed by atoms with Crippen LogP contribution in [0.2, 0.25) is 0 Å². The molecule has 0 saturated heterocycles. The number of carbonyl (C=O) groups excluding carboxylic acids is 2. The quantitative estimate of drug-likeness (QED) is 0.608. The standard InChI is InChI=1S/C15H22N2O3/c1-4-20-14(19)15(2,3)10-17-8-12-7-11(9-18)5-6-13(12)16-17/h8-9,11H,4-7,10H2,1-3H3. The highest BCUT2D eigenvalue weighted by atomic mass is 16.5. The van der Waals surface area contributed by atoms with E-state index >= 15 is 0 Å². The van der Waals surface area contributed by atoms with Crippen LogP contribution in [0.3, 0.4) is 0 Å². The minimum Gasteiger partial charge on any atom is -0.466 e. The average Bonchev–Trinajstić information content (AvgIpc) is 2.78. The molecule has 1 unspecified atom stereocenters. The van der Waals surface area contributed by atoms with E-state index in [0.29, 0.717) is 13.2 Å². The van der Waals surface area contributed by atoms with Gasteiger partial charge in [0, 0.05) is 12.1 Å². The smallest absolute Gasteiger partial charge is 0.313 e. The molecule has 1 heterocycles. The topological polar surface area (TPSA) is 61.2 Å². The summed E-state index contributed by atoms with van der Waals surface area (Å²) >= 11 is 0. The van der Waals surface area contributed by atoms with Crippen LogP contribution in [0.1, 0.15) is 38.4 Å². The van der Waals surface area contributed by atoms with Gasteiger partial charge >= 0.3 is 5.97 Å². The number of aldehydes is 1. The SMILES string of the molecule is CCOC(=O)C(C)(C)Cn1cc2c(n1)CCC(C=O)C2. The Morgan fingerprint density at radius 3 is 3.00 bits per heavy atom. The number of carbonyl (C=O) groups is 2. The number of esters is 1. The Morgan fingerprint density at radius 2 is 2.35 bits per heavy atom. The first kappa shape index (κ1) is 14.8. The first-order valence-electron chi connectivity index (χ1n) is 7.14. The molecule has 1 atom stereocenters. The molecule has 5 nitrogen and oxygen atoms in total. The number of aromatic nitrogens is 2. The molecule has 0 amide bonds. The molecule has 0 saturated carbocycles. The Balaban J connectivity index is 2.10. The van der Waals surface area contributed by atoms with Crippen LogP contribution in [0, 0.1) is 11.3 Å². The van der Waals surface area contributed by atoms with Crippen molar-refractivity contribution < 1.29 is 14.3 Å². The van der Waals surface area contributed by atoms with Crippen LogP contribution in [0.5, 0.6) is 0 Å². The molecule has 110 valence electrons. The van der Waals surface area contributed by atoms with Crippen LogP contribution in [0.4, 0.5) is 0 Å². The minimum atomic E-state index is -0.602. The molecule has 0 aromatic carbocycles. The van der Waals surface area contributed by atoms with Crippen LogP contribution >= 0.6 is 0 Å². The predicted octanol–water partition coefficient (Wildman–Crippen LogP) is 1.78. The summed E-state index contributed by atoms with van der Waals surface area (Å²) in [5.74, 6) is -0.0996. The van der Waals surface area contributed by atoms with Gasteiger partial charge in [0.15, 0.2) is 0 Å². The van der Waals surface area contributed by atoms with Gasteiger partial charge in [-0.15, -0.1) is 0 Å². The third-order valence-electron chi connectivity index (χ3n) is 3.74. The zero-order chi connectivity index (χ0) is 14.8. The lowest BCUT2D eigenvalue weighted by Crippen LogP contribution is -2.31. The molecular weight excluding hydrogens is 256 g/mol. The second-order valence-corrected chi connectivity index (χ2v) is 6.04. The molecule has 0 N–H and O–H groups in total. The van der Waals surface area contributed by atoms with Gasteiger partial charge in [-0.3, -0.25) is 9.48 Å². The Hall–Kier alpha value is -1.65. The van der Waals surface area contributed by atoms with Crippen molar-refractivity contribution in [3.63, 3.8) is 0 Å². The number of hydrogen-bond acceptors (Lipinski definition) is 4. The van der Waals surface area contributed by atoms with Crippen molar-refractivity contribution in [1.29, 1.82) is 0 Å². The lowest BCUT2D eigenvalue weighted by Gasteiger charge is -2.21. The monoisotopic (exact) mass is 278 g/mol. The van der Waals surface area contributed by atoms with E-state index in [4.69, 9.17) is 4.74 Å². The number of aryl methyl sites for hydroxylation is 1. The van der Waals surface area contributed by atoms with E-state index in [1.54, 1.807) is 6.92 Å². The number of nitrogens with zero attached hydrogens (tertiary/aromatic N) is 2. The summed E-state index contributed by atoms with van der Waals surface area (Å²) in [5.41, 5.74) is 1.59. The summed E-state index contributed by atoms with van der Waals surface area (Å²) in [5, 5.41) is 4.54. The maximum atomic E-state index is 11.9. The van der Waals surface area contributed by atoms with Gasteiger partial charge in [0.25, 0.3) is 0 Å². The maximum absolute atomic E-state index is 11.9. The van der Waals surface area contributed by atoms with Gasteiger partial charge in [-0.05, 0) is 45.6 Å². The molecule has 0 spiro atoms. The van der Waals surface area contributed by atoms with E-state index in [1.807, 2.05) is 24.7 Å². The van der Waals surface area contributed by atoms with Gasteiger partial charge in [0.2, 0.25) is 0 Å². The summed E-state index contributed by atoms with van der Waals surface area (Å²) in [4.78, 5) is 22.8. The zero-order valence-corrected chi connectivity index (χ0v) is 12.4. The van der Waals surface area contributed by atoms with Crippen molar-refractivity contribution in [2.24, 2.45) is 11.3 Å². The Bertz CT molecular complexity index is 505. The second-order valence-electron chi connectivity index (χ2n) is 6.04. The third-order valence-corrected chi connectivity index (χ3v) is 3.74. The molecule has 0 aliphatic heterocycles. The van der Waals surface area contributed by atoms with Crippen molar-refractivity contribution in [3.8, 4) is 0 Å². The van der Waals surface area contributed by atoms with E-state index < -0.39 is 5.41 Å². The first-order valence-corrected chi connectivity index (χ1v) is 7.14. The second kappa shape index (κ2) is 5.77. The van der Waals surface area contributed by atoms with Crippen molar-refractivity contribution in [2.45, 2.75) is 46.6 Å². The fraction of sp³-hybridized carbons (Fsp3) is 0.667. The maximum Gasteiger partial charge on any atom is 0.313 e. The summed E-state index contributed by atoms with van der Waals surface area (Å²) in [6.45, 7) is 6.41. The highest BCUT2D eigenvalue weighted by Crippen LogP contribution is 2.26. The third kappa shape index (κ3) is 3.08. The van der Waals surface area contributed by atoms with E-state index in [9.17, 15) is 9.59 Å². The Labute approximate surface area is 119 Å². The Morgan fingerprint density at radius 1 is 1.60 bits per heavy atom. The van der Waals surface area contributed by atoms with Crippen molar-refractivity contribution in [1.82, 2.24) is 9.78 Å². The molecule has 0 radical (unpaired) electrons. The van der Waals surface area contributed by atoms with E-state index in [2.05, 4.69) is 5.10 Å². The van der Waals surface area contributed by atoms with Crippen molar-refractivity contribution in [3.05, 3.63) is 17.5 Å². The van der Waals surface area contributed by atoms with Gasteiger partial charge in [0.1, 0.15) is 6.29 Å². The average molecular weight is 278 g/mol. The molecular formula is C15H22N2O3. The van der Waals surface area contributed by atoms with Crippen LogP contribution in [-0.2, 0) is 33.7 Å². The lowest BCUT2D eigenvalue weighted by molar-refractivity contribution is -0.154. The summed E-state index contributed by atoms with van der Waals surface area (Å²) < 4.78 is 6.90. The number of ether oxygens (including phenoxy) is 1. The molecule has 0 fully saturated rings. The van der Waals surface area contributed by atoms with Gasteiger partial charge in [-0.1, -0.05) is 0 Å². The molecule has 1 aliphatic carbocycles. The lowest BCUT2D eigenvalue weighted by atomic mass is 9.89. The van der Waals surface area contributed by atoms with Gasteiger partial charge in [-0.2, -0.15) is 5.10 Å². The summed E-state index contributed by atoms with van der Waals surface area (Å²) in [6, 6.07) is 0. The van der Waals surface area contributed by atoms with Crippen LogP contribution in [-0.4, -0.2) is 28.6 Å². The predicted molar refractivity (Wildman–Crippen MR) is 74.2 cm³/mol. The molecule has 1 aliphatic rings. The summed E-state index contributed by atoms with van der Waals surface area (Å²) in [7, 11) is 0. The van der Waals surface area contributed by atoms with Gasteiger partial charge in [0.05, 0.1) is 24.3 Å². The normalized spacial score (nSPS) is 18.4. The summed E-state index contributed by atoms with van der Waals surface area (Å²) in [6.07, 6.45) is 5.47. The minimum absolute atomic E-state index is 0.109.